The summed E-state index contributed by atoms with van der Waals surface area (Å²) in [5.41, 5.74) is -0.175. The molecule has 4 aromatic rings. The quantitative estimate of drug-likeness (QED) is 0.106. The van der Waals surface area contributed by atoms with Crippen molar-refractivity contribution in [1.82, 2.24) is 14.8 Å². The lowest BCUT2D eigenvalue weighted by atomic mass is 9.76. The monoisotopic (exact) mass is 842 g/mol. The zero-order valence-corrected chi connectivity index (χ0v) is 33.3. The zero-order chi connectivity index (χ0) is 40.3. The van der Waals surface area contributed by atoms with Crippen molar-refractivity contribution in [2.45, 2.75) is 64.5 Å². The number of alkyl halides is 3. The zero-order valence-electron chi connectivity index (χ0n) is 30.9. The van der Waals surface area contributed by atoms with Crippen LogP contribution in [0.5, 0.6) is 17.2 Å². The maximum Gasteiger partial charge on any atom is 0.434 e. The fourth-order valence-corrected chi connectivity index (χ4v) is 6.66. The van der Waals surface area contributed by atoms with E-state index in [4.69, 9.17) is 35.4 Å². The Kier molecular flexibility index (Phi) is 13.0. The van der Waals surface area contributed by atoms with Gasteiger partial charge in [0.15, 0.2) is 5.69 Å². The Bertz CT molecular complexity index is 2010. The fraction of sp³-hybridized carbons (Fsp3) is 0.378. The summed E-state index contributed by atoms with van der Waals surface area (Å²) in [6.07, 6.45) is -4.38. The van der Waals surface area contributed by atoms with Crippen molar-refractivity contribution in [1.29, 1.82) is 0 Å². The first-order valence-electron chi connectivity index (χ1n) is 16.3. The second-order valence-corrected chi connectivity index (χ2v) is 14.5. The molecule has 0 fully saturated rings. The average molecular weight is 844 g/mol. The van der Waals surface area contributed by atoms with Crippen LogP contribution in [0.4, 0.5) is 28.0 Å². The molecular formula is C37H40BrClF4N4O7. The Morgan fingerprint density at radius 2 is 1.69 bits per heavy atom. The minimum Gasteiger partial charge on any atom is -0.462 e. The number of methoxy groups -OCH3 is 1. The fourth-order valence-electron chi connectivity index (χ4n) is 5.66. The first-order valence-corrected chi connectivity index (χ1v) is 17.5. The van der Waals surface area contributed by atoms with E-state index < -0.39 is 40.0 Å². The van der Waals surface area contributed by atoms with E-state index in [1.165, 1.54) is 14.2 Å². The van der Waals surface area contributed by atoms with Crippen LogP contribution < -0.4 is 14.8 Å². The number of esters is 1. The molecule has 5 rings (SSSR count). The Labute approximate surface area is 323 Å². The van der Waals surface area contributed by atoms with E-state index in [9.17, 15) is 27.2 Å². The number of urea groups is 1. The predicted molar refractivity (Wildman–Crippen MR) is 197 cm³/mol. The van der Waals surface area contributed by atoms with E-state index in [-0.39, 0.29) is 33.3 Å². The molecule has 11 nitrogen and oxygen atoms in total. The third-order valence-electron chi connectivity index (χ3n) is 8.24. The molecule has 0 saturated carbocycles. The van der Waals surface area contributed by atoms with Gasteiger partial charge in [0, 0.05) is 57.4 Å². The van der Waals surface area contributed by atoms with Crippen LogP contribution in [0, 0.1) is 5.82 Å². The van der Waals surface area contributed by atoms with E-state index in [0.29, 0.717) is 21.9 Å². The van der Waals surface area contributed by atoms with Gasteiger partial charge in [-0.1, -0.05) is 31.5 Å². The predicted octanol–water partition coefficient (Wildman–Crippen LogP) is 10.2. The molecule has 54 heavy (non-hydrogen) atoms. The number of amides is 2. The Hall–Kier alpha value is -4.38. The van der Waals surface area contributed by atoms with E-state index >= 15 is 0 Å². The lowest BCUT2D eigenvalue weighted by molar-refractivity contribution is -0.172. The van der Waals surface area contributed by atoms with Crippen LogP contribution in [-0.2, 0) is 33.0 Å². The highest BCUT2D eigenvalue weighted by molar-refractivity contribution is 9.10. The standard InChI is InChI=1S/C22H28N2O5.C15H12BrClF4N2O2/c1-21(2)14-22(3,26-5)29-19-13-17(11-12-18(19)21)28-16-9-7-15(8-10-16)23-20(25)24(4)27-6;1-6(2)25-14(24)7-4-8(10(18)5-9(7)17)12-11(16)13(15(19,20)21)23(3)22-12/h7-13H,14H2,1-6H3,(H,23,25);4-6H,1-3H3. The number of anilines is 1. The van der Waals surface area contributed by atoms with E-state index in [2.05, 4.69) is 40.2 Å². The third-order valence-corrected chi connectivity index (χ3v) is 9.30. The second kappa shape index (κ2) is 16.6. The lowest BCUT2D eigenvalue weighted by Gasteiger charge is -2.43. The van der Waals surface area contributed by atoms with Gasteiger partial charge in [0.1, 0.15) is 28.8 Å². The van der Waals surface area contributed by atoms with E-state index in [1.807, 2.05) is 25.1 Å². The molecule has 1 N–H and O–H groups in total. The lowest BCUT2D eigenvalue weighted by Crippen LogP contribution is -2.45. The molecule has 0 bridgehead atoms. The van der Waals surface area contributed by atoms with Gasteiger partial charge in [-0.25, -0.2) is 19.0 Å². The van der Waals surface area contributed by atoms with Crippen LogP contribution in [0.1, 0.15) is 62.7 Å². The summed E-state index contributed by atoms with van der Waals surface area (Å²) >= 11 is 8.67. The number of nitrogens with zero attached hydrogens (tertiary/aromatic N) is 3. The van der Waals surface area contributed by atoms with Crippen LogP contribution in [0.3, 0.4) is 0 Å². The highest BCUT2D eigenvalue weighted by Gasteiger charge is 2.42. The Morgan fingerprint density at radius 1 is 1.06 bits per heavy atom. The van der Waals surface area contributed by atoms with Gasteiger partial charge in [-0.15, -0.1) is 0 Å². The number of hydrogen-bond donors (Lipinski definition) is 1. The molecule has 0 spiro atoms. The van der Waals surface area contributed by atoms with Crippen LogP contribution in [0.25, 0.3) is 11.3 Å². The molecule has 17 heteroatoms. The number of carbonyl (C=O) groups is 2. The molecule has 0 radical (unpaired) electrons. The van der Waals surface area contributed by atoms with E-state index in [1.54, 1.807) is 45.2 Å². The van der Waals surface area contributed by atoms with Crippen molar-refractivity contribution >= 4 is 45.2 Å². The number of hydrogen-bond acceptors (Lipinski definition) is 8. The largest absolute Gasteiger partial charge is 0.462 e. The van der Waals surface area contributed by atoms with Gasteiger partial charge in [0.25, 0.3) is 0 Å². The summed E-state index contributed by atoms with van der Waals surface area (Å²) in [5, 5.41) is 7.33. The van der Waals surface area contributed by atoms with Crippen molar-refractivity contribution in [3.05, 3.63) is 86.7 Å². The average Bonchev–Trinajstić information content (AvgIpc) is 3.38. The molecule has 1 aliphatic rings. The topological polar surface area (TPSA) is 113 Å². The first kappa shape index (κ1) is 42.4. The molecule has 1 atom stereocenters. The molecule has 1 aromatic heterocycles. The van der Waals surface area contributed by atoms with Gasteiger partial charge in [-0.05, 0) is 77.7 Å². The van der Waals surface area contributed by atoms with Crippen molar-refractivity contribution < 1.29 is 50.9 Å². The summed E-state index contributed by atoms with van der Waals surface area (Å²) in [4.78, 5) is 28.7. The summed E-state index contributed by atoms with van der Waals surface area (Å²) in [5.74, 6) is -0.342. The number of halogens is 6. The third kappa shape index (κ3) is 9.83. The minimum atomic E-state index is -4.69. The van der Waals surface area contributed by atoms with Crippen molar-refractivity contribution in [2.75, 3.05) is 26.6 Å². The second-order valence-electron chi connectivity index (χ2n) is 13.3. The maximum absolute atomic E-state index is 14.3. The van der Waals surface area contributed by atoms with Gasteiger partial charge in [0.2, 0.25) is 5.79 Å². The van der Waals surface area contributed by atoms with Crippen LogP contribution in [0.15, 0.2) is 59.1 Å². The highest BCUT2D eigenvalue weighted by atomic mass is 79.9. The van der Waals surface area contributed by atoms with Crippen molar-refractivity contribution in [3.63, 3.8) is 0 Å². The van der Waals surface area contributed by atoms with Gasteiger partial charge >= 0.3 is 18.2 Å². The summed E-state index contributed by atoms with van der Waals surface area (Å²) < 4.78 is 76.3. The SMILES string of the molecule is CC(C)OC(=O)c1cc(-c2nn(C)c(C(F)(F)F)c2Br)c(F)cc1Cl.CON(C)C(=O)Nc1ccc(Oc2ccc3c(c2)OC(C)(OC)CC3(C)C)cc1. The molecule has 3 aromatic carbocycles. The number of hydroxylamine groups is 2. The molecule has 292 valence electrons. The van der Waals surface area contributed by atoms with Crippen LogP contribution in [-0.4, -0.2) is 60.0 Å². The number of benzene rings is 3. The highest BCUT2D eigenvalue weighted by Crippen LogP contribution is 2.47. The summed E-state index contributed by atoms with van der Waals surface area (Å²) in [7, 11) is 5.70. The molecular weight excluding hydrogens is 804 g/mol. The number of carbonyl (C=O) groups excluding carboxylic acids is 2. The number of nitrogens with one attached hydrogen (secondary N) is 1. The van der Waals surface area contributed by atoms with E-state index in [0.717, 1.165) is 42.0 Å². The van der Waals surface area contributed by atoms with Gasteiger partial charge in [-0.2, -0.15) is 18.3 Å². The Morgan fingerprint density at radius 3 is 2.24 bits per heavy atom. The number of aryl methyl sites for hydroxylation is 1. The molecule has 0 saturated heterocycles. The Balaban J connectivity index is 0.000000244. The first-order chi connectivity index (χ1) is 25.1. The van der Waals surface area contributed by atoms with Gasteiger partial charge in [-0.3, -0.25) is 9.52 Å². The number of fused-ring (bicyclic) bond motifs is 1. The van der Waals surface area contributed by atoms with Crippen LogP contribution >= 0.6 is 27.5 Å². The van der Waals surface area contributed by atoms with Gasteiger partial charge < -0.3 is 24.3 Å². The van der Waals surface area contributed by atoms with Crippen LogP contribution in [0.2, 0.25) is 5.02 Å². The maximum atomic E-state index is 14.3. The smallest absolute Gasteiger partial charge is 0.434 e. The molecule has 2 heterocycles. The molecule has 2 amide bonds. The van der Waals surface area contributed by atoms with Crippen molar-refractivity contribution in [2.24, 2.45) is 7.05 Å². The molecule has 1 unspecified atom stereocenters. The summed E-state index contributed by atoms with van der Waals surface area (Å²) in [6, 6.07) is 14.4. The molecule has 1 aliphatic heterocycles. The normalized spacial score (nSPS) is 16.1. The number of rotatable bonds is 8. The van der Waals surface area contributed by atoms with Crippen molar-refractivity contribution in [3.8, 4) is 28.5 Å². The number of aromatic nitrogens is 2. The molecule has 0 aliphatic carbocycles. The van der Waals surface area contributed by atoms with Gasteiger partial charge in [0.05, 0.1) is 28.3 Å². The minimum absolute atomic E-state index is 0.0773. The number of ether oxygens (including phenoxy) is 4. The summed E-state index contributed by atoms with van der Waals surface area (Å²) in [6.45, 7) is 9.53.